The van der Waals surface area contributed by atoms with E-state index >= 15 is 0 Å². The number of unbranched alkanes of at least 4 members (excludes halogenated alkanes) is 7. The molecule has 0 rings (SSSR count). The van der Waals surface area contributed by atoms with E-state index in [2.05, 4.69) is 54.8 Å². The van der Waals surface area contributed by atoms with Gasteiger partial charge in [-0.05, 0) is 64.2 Å². The van der Waals surface area contributed by atoms with Crippen LogP contribution in [0.5, 0.6) is 0 Å². The first kappa shape index (κ1) is 50.1. The number of hydrogen-bond donors (Lipinski definition) is 5. The van der Waals surface area contributed by atoms with Crippen molar-refractivity contribution in [2.75, 3.05) is 13.2 Å². The summed E-state index contributed by atoms with van der Waals surface area (Å²) in [4.78, 5) is 42.7. The molecule has 0 aliphatic rings. The highest BCUT2D eigenvalue weighted by Crippen LogP contribution is 2.36. The van der Waals surface area contributed by atoms with Gasteiger partial charge in [-0.15, -0.1) is 0 Å². The van der Waals surface area contributed by atoms with Crippen molar-refractivity contribution in [2.24, 2.45) is 0 Å². The minimum absolute atomic E-state index is 0.0848. The number of ether oxygens (including phenoxy) is 2. The van der Waals surface area contributed by atoms with Crippen molar-refractivity contribution in [2.45, 2.75) is 147 Å². The monoisotopic (exact) mass is 766 g/mol. The fourth-order valence-electron chi connectivity index (χ4n) is 4.70. The fourth-order valence-corrected chi connectivity index (χ4v) is 5.06. The van der Waals surface area contributed by atoms with Crippen LogP contribution in [-0.2, 0) is 28.2 Å². The summed E-state index contributed by atoms with van der Waals surface area (Å²) in [5, 5.41) is 30.2. The van der Waals surface area contributed by atoms with Crippen LogP contribution in [0.25, 0.3) is 0 Å². The molecule has 302 valence electrons. The lowest BCUT2D eigenvalue weighted by Crippen LogP contribution is -2.29. The smallest absolute Gasteiger partial charge is 0.462 e. The Labute approximate surface area is 318 Å². The lowest BCUT2D eigenvalue weighted by molar-refractivity contribution is -0.161. The molecule has 11 nitrogen and oxygen atoms in total. The third-order valence-corrected chi connectivity index (χ3v) is 8.24. The van der Waals surface area contributed by atoms with Gasteiger partial charge >= 0.3 is 19.8 Å². The highest BCUT2D eigenvalue weighted by atomic mass is 31.2. The van der Waals surface area contributed by atoms with E-state index in [1.165, 1.54) is 25.3 Å². The van der Waals surface area contributed by atoms with E-state index in [0.717, 1.165) is 57.8 Å². The van der Waals surface area contributed by atoms with Gasteiger partial charge in [-0.2, -0.15) is 0 Å². The number of allylic oxidation sites excluding steroid dienone is 12. The number of carbonyl (C=O) groups excluding carboxylic acids is 2. The molecule has 0 saturated heterocycles. The van der Waals surface area contributed by atoms with Crippen molar-refractivity contribution in [3.05, 3.63) is 85.1 Å². The molecule has 0 fully saturated rings. The van der Waals surface area contributed by atoms with Gasteiger partial charge < -0.3 is 34.6 Å². The Kier molecular flexibility index (Phi) is 33.0. The summed E-state index contributed by atoms with van der Waals surface area (Å²) < 4.78 is 26.1. The molecule has 0 unspecified atom stereocenters. The van der Waals surface area contributed by atoms with Gasteiger partial charge in [-0.25, -0.2) is 4.57 Å². The standard InChI is InChI=1S/C41H67O11P/c1-3-5-7-8-9-10-11-12-13-14-15-16-17-22-26-32-41(46)52-37(35-51-53(47,48)49)34-50-40(45)33-27-31-39(44)38(43)30-25-21-19-18-20-24-29-36(42)28-23-6-4-2/h9-10,12-13,15-16,18-21,24-25,29-30,36-39,42-44H,3-8,11,14,17,22-23,26-28,31-35H2,1-2H3,(H2,47,48,49)/b10-9-,13-12-,16-15-,20-18-,21-19+,29-24+,30-25+/t36-,37-,38-,39-/m1/s1. The van der Waals surface area contributed by atoms with Crippen molar-refractivity contribution in [1.29, 1.82) is 0 Å². The van der Waals surface area contributed by atoms with Crippen LogP contribution >= 0.6 is 7.82 Å². The number of rotatable bonds is 33. The zero-order valence-electron chi connectivity index (χ0n) is 32.0. The van der Waals surface area contributed by atoms with Crippen molar-refractivity contribution in [3.63, 3.8) is 0 Å². The van der Waals surface area contributed by atoms with Gasteiger partial charge in [-0.1, -0.05) is 131 Å². The van der Waals surface area contributed by atoms with Gasteiger partial charge in [0, 0.05) is 12.8 Å². The second-order valence-electron chi connectivity index (χ2n) is 12.8. The molecule has 0 aromatic rings. The summed E-state index contributed by atoms with van der Waals surface area (Å²) in [7, 11) is -4.85. The van der Waals surface area contributed by atoms with Crippen LogP contribution in [0.2, 0.25) is 0 Å². The molecule has 12 heteroatoms. The summed E-state index contributed by atoms with van der Waals surface area (Å²) >= 11 is 0. The van der Waals surface area contributed by atoms with E-state index in [1.54, 1.807) is 42.5 Å². The summed E-state index contributed by atoms with van der Waals surface area (Å²) in [6.45, 7) is 3.20. The Hall–Kier alpha value is -2.89. The third kappa shape index (κ3) is 35.9. The highest BCUT2D eigenvalue weighted by molar-refractivity contribution is 7.46. The SMILES string of the molecule is CCCCC/C=C\C/C=C\C/C=C\CCCCC(=O)O[C@H](COC(=O)CCC[C@@H](O)[C@H](O)/C=C/C=C/C=C\C=C\[C@H](O)CCCCC)COP(=O)(O)O. The predicted molar refractivity (Wildman–Crippen MR) is 211 cm³/mol. The average Bonchev–Trinajstić information content (AvgIpc) is 3.11. The zero-order chi connectivity index (χ0) is 39.4. The quantitative estimate of drug-likeness (QED) is 0.0143. The molecule has 0 saturated carbocycles. The highest BCUT2D eigenvalue weighted by Gasteiger charge is 2.23. The molecule has 5 N–H and O–H groups in total. The largest absolute Gasteiger partial charge is 0.469 e. The molecule has 0 amide bonds. The number of phosphoric ester groups is 1. The van der Waals surface area contributed by atoms with Gasteiger partial charge in [0.15, 0.2) is 6.10 Å². The van der Waals surface area contributed by atoms with Crippen LogP contribution in [-0.4, -0.2) is 74.7 Å². The Morgan fingerprint density at radius 3 is 1.79 bits per heavy atom. The van der Waals surface area contributed by atoms with E-state index in [-0.39, 0.29) is 25.7 Å². The van der Waals surface area contributed by atoms with Gasteiger partial charge in [0.2, 0.25) is 0 Å². The maximum Gasteiger partial charge on any atom is 0.469 e. The maximum absolute atomic E-state index is 12.4. The van der Waals surface area contributed by atoms with E-state index in [1.807, 2.05) is 0 Å². The van der Waals surface area contributed by atoms with Crippen molar-refractivity contribution in [3.8, 4) is 0 Å². The van der Waals surface area contributed by atoms with E-state index in [0.29, 0.717) is 6.42 Å². The molecular weight excluding hydrogens is 699 g/mol. The molecule has 0 aliphatic carbocycles. The molecule has 0 aromatic heterocycles. The summed E-state index contributed by atoms with van der Waals surface area (Å²) in [6.07, 6.45) is 35.3. The first-order valence-corrected chi connectivity index (χ1v) is 20.7. The normalized spacial score (nSPS) is 15.2. The van der Waals surface area contributed by atoms with Gasteiger partial charge in [-0.3, -0.25) is 14.1 Å². The molecule has 0 spiro atoms. The van der Waals surface area contributed by atoms with Crippen molar-refractivity contribution >= 4 is 19.8 Å². The van der Waals surface area contributed by atoms with Gasteiger partial charge in [0.05, 0.1) is 24.9 Å². The second-order valence-corrected chi connectivity index (χ2v) is 14.0. The van der Waals surface area contributed by atoms with Gasteiger partial charge in [0.25, 0.3) is 0 Å². The third-order valence-electron chi connectivity index (χ3n) is 7.75. The summed E-state index contributed by atoms with van der Waals surface area (Å²) in [5.74, 6) is -1.27. The first-order chi connectivity index (χ1) is 25.5. The topological polar surface area (TPSA) is 180 Å². The van der Waals surface area contributed by atoms with Crippen molar-refractivity contribution < 1.29 is 53.3 Å². The number of aliphatic hydroxyl groups excluding tert-OH is 3. The summed E-state index contributed by atoms with van der Waals surface area (Å²) in [6, 6.07) is 0. The Morgan fingerprint density at radius 1 is 0.623 bits per heavy atom. The molecule has 4 atom stereocenters. The Bertz CT molecular complexity index is 1180. The lowest BCUT2D eigenvalue weighted by atomic mass is 10.1. The fraction of sp³-hybridized carbons (Fsp3) is 0.610. The average molecular weight is 767 g/mol. The van der Waals surface area contributed by atoms with E-state index in [4.69, 9.17) is 19.3 Å². The molecular formula is C41H67O11P. The van der Waals surface area contributed by atoms with Crippen LogP contribution in [0.1, 0.15) is 123 Å². The van der Waals surface area contributed by atoms with Crippen LogP contribution in [0.4, 0.5) is 0 Å². The Morgan fingerprint density at radius 2 is 1.17 bits per heavy atom. The molecule has 0 aromatic carbocycles. The van der Waals surface area contributed by atoms with Crippen LogP contribution in [0.15, 0.2) is 85.1 Å². The molecule has 0 bridgehead atoms. The van der Waals surface area contributed by atoms with Crippen LogP contribution in [0.3, 0.4) is 0 Å². The molecule has 0 radical (unpaired) electrons. The molecule has 0 heterocycles. The minimum atomic E-state index is -4.85. The maximum atomic E-state index is 12.4. The molecule has 0 aliphatic heterocycles. The zero-order valence-corrected chi connectivity index (χ0v) is 32.9. The predicted octanol–water partition coefficient (Wildman–Crippen LogP) is 8.20. The number of carbonyl (C=O) groups is 2. The van der Waals surface area contributed by atoms with E-state index < -0.39 is 57.4 Å². The number of esters is 2. The van der Waals surface area contributed by atoms with Crippen LogP contribution < -0.4 is 0 Å². The van der Waals surface area contributed by atoms with Crippen LogP contribution in [0, 0.1) is 0 Å². The number of hydrogen-bond acceptors (Lipinski definition) is 9. The van der Waals surface area contributed by atoms with E-state index in [9.17, 15) is 29.5 Å². The second kappa shape index (κ2) is 34.9. The molecule has 53 heavy (non-hydrogen) atoms. The van der Waals surface area contributed by atoms with Gasteiger partial charge in [0.1, 0.15) is 6.61 Å². The Balaban J connectivity index is 4.40. The summed E-state index contributed by atoms with van der Waals surface area (Å²) in [5.41, 5.74) is 0. The number of aliphatic hydroxyl groups is 3. The number of phosphoric acid groups is 1. The van der Waals surface area contributed by atoms with Crippen molar-refractivity contribution in [1.82, 2.24) is 0 Å². The lowest BCUT2D eigenvalue weighted by Gasteiger charge is -2.18. The minimum Gasteiger partial charge on any atom is -0.462 e. The first-order valence-electron chi connectivity index (χ1n) is 19.2.